The van der Waals surface area contributed by atoms with E-state index in [9.17, 15) is 8.42 Å². The average molecular weight is 270 g/mol. The van der Waals surface area contributed by atoms with Crippen molar-refractivity contribution in [1.82, 2.24) is 4.72 Å². The Kier molecular flexibility index (Phi) is 3.52. The molecule has 1 saturated carbocycles. The fourth-order valence-corrected chi connectivity index (χ4v) is 4.30. The molecule has 0 aliphatic heterocycles. The van der Waals surface area contributed by atoms with Gasteiger partial charge in [-0.3, -0.25) is 0 Å². The van der Waals surface area contributed by atoms with Crippen LogP contribution in [-0.4, -0.2) is 14.5 Å². The standard InChI is InChI=1S/C11H14N2O2S2/c1-8(9-3-2-4-9)13-17(14,15)11-6-5-10(7-12)16-11/h5-6,8-9,13H,2-4H2,1H3. The molecule has 1 atom stereocenters. The van der Waals surface area contributed by atoms with Gasteiger partial charge in [0.25, 0.3) is 0 Å². The minimum absolute atomic E-state index is 0.0265. The van der Waals surface area contributed by atoms with Crippen LogP contribution in [0.4, 0.5) is 0 Å². The van der Waals surface area contributed by atoms with Crippen molar-refractivity contribution in [3.8, 4) is 6.07 Å². The van der Waals surface area contributed by atoms with E-state index in [4.69, 9.17) is 5.26 Å². The van der Waals surface area contributed by atoms with E-state index in [2.05, 4.69) is 4.72 Å². The van der Waals surface area contributed by atoms with Gasteiger partial charge in [0, 0.05) is 6.04 Å². The highest BCUT2D eigenvalue weighted by Crippen LogP contribution is 2.30. The molecule has 1 aliphatic carbocycles. The summed E-state index contributed by atoms with van der Waals surface area (Å²) in [5.74, 6) is 0.458. The van der Waals surface area contributed by atoms with Gasteiger partial charge >= 0.3 is 0 Å². The molecule has 0 saturated heterocycles. The third kappa shape index (κ3) is 2.68. The van der Waals surface area contributed by atoms with E-state index in [1.165, 1.54) is 18.6 Å². The second-order valence-corrected chi connectivity index (χ2v) is 7.36. The number of hydrogen-bond donors (Lipinski definition) is 1. The maximum Gasteiger partial charge on any atom is 0.250 e. The zero-order valence-corrected chi connectivity index (χ0v) is 11.1. The highest BCUT2D eigenvalue weighted by atomic mass is 32.2. The summed E-state index contributed by atoms with van der Waals surface area (Å²) in [6, 6.07) is 4.94. The first-order valence-corrected chi connectivity index (χ1v) is 7.85. The maximum absolute atomic E-state index is 12.0. The van der Waals surface area contributed by atoms with E-state index in [0.29, 0.717) is 10.8 Å². The molecule has 1 unspecified atom stereocenters. The van der Waals surface area contributed by atoms with Gasteiger partial charge in [-0.05, 0) is 37.8 Å². The van der Waals surface area contributed by atoms with Gasteiger partial charge in [-0.1, -0.05) is 6.42 Å². The Morgan fingerprint density at radius 1 is 1.53 bits per heavy atom. The molecule has 0 amide bonds. The smallest absolute Gasteiger partial charge is 0.207 e. The molecule has 1 fully saturated rings. The molecule has 6 heteroatoms. The van der Waals surface area contributed by atoms with Gasteiger partial charge in [0.2, 0.25) is 10.0 Å². The van der Waals surface area contributed by atoms with Crippen molar-refractivity contribution in [3.63, 3.8) is 0 Å². The van der Waals surface area contributed by atoms with Crippen LogP contribution in [0, 0.1) is 17.2 Å². The zero-order chi connectivity index (χ0) is 12.5. The van der Waals surface area contributed by atoms with Crippen molar-refractivity contribution in [2.24, 2.45) is 5.92 Å². The zero-order valence-electron chi connectivity index (χ0n) is 9.51. The van der Waals surface area contributed by atoms with E-state index >= 15 is 0 Å². The lowest BCUT2D eigenvalue weighted by molar-refractivity contribution is 0.260. The van der Waals surface area contributed by atoms with E-state index < -0.39 is 10.0 Å². The largest absolute Gasteiger partial charge is 0.250 e. The van der Waals surface area contributed by atoms with Crippen molar-refractivity contribution < 1.29 is 8.42 Å². The topological polar surface area (TPSA) is 70.0 Å². The van der Waals surface area contributed by atoms with Gasteiger partial charge in [0.05, 0.1) is 0 Å². The lowest BCUT2D eigenvalue weighted by Crippen LogP contribution is -2.40. The number of hydrogen-bond acceptors (Lipinski definition) is 4. The molecule has 2 rings (SSSR count). The Morgan fingerprint density at radius 2 is 2.24 bits per heavy atom. The number of nitrogens with zero attached hydrogens (tertiary/aromatic N) is 1. The van der Waals surface area contributed by atoms with E-state index in [1.54, 1.807) is 0 Å². The minimum atomic E-state index is -3.45. The fourth-order valence-electron chi connectivity index (χ4n) is 1.86. The molecule has 17 heavy (non-hydrogen) atoms. The summed E-state index contributed by atoms with van der Waals surface area (Å²) in [6.45, 7) is 1.90. The fraction of sp³-hybridized carbons (Fsp3) is 0.545. The lowest BCUT2D eigenvalue weighted by atomic mass is 9.81. The van der Waals surface area contributed by atoms with Gasteiger partial charge in [-0.25, -0.2) is 13.1 Å². The summed E-state index contributed by atoms with van der Waals surface area (Å²) < 4.78 is 26.9. The predicted molar refractivity (Wildman–Crippen MR) is 66.2 cm³/mol. The van der Waals surface area contributed by atoms with Gasteiger partial charge in [-0.15, -0.1) is 11.3 Å². The second-order valence-electron chi connectivity index (χ2n) is 4.33. The predicted octanol–water partition coefficient (Wildman–Crippen LogP) is 2.09. The number of nitriles is 1. The molecule has 0 radical (unpaired) electrons. The second kappa shape index (κ2) is 4.77. The van der Waals surface area contributed by atoms with Crippen LogP contribution in [0.1, 0.15) is 31.1 Å². The van der Waals surface area contributed by atoms with Crippen LogP contribution in [0.15, 0.2) is 16.3 Å². The van der Waals surface area contributed by atoms with E-state index in [1.807, 2.05) is 13.0 Å². The summed E-state index contributed by atoms with van der Waals surface area (Å²) in [7, 11) is -3.45. The molecule has 0 spiro atoms. The molecular formula is C11H14N2O2S2. The first kappa shape index (κ1) is 12.6. The molecule has 1 heterocycles. The third-order valence-corrected chi connectivity index (χ3v) is 6.20. The Morgan fingerprint density at radius 3 is 2.71 bits per heavy atom. The summed E-state index contributed by atoms with van der Waals surface area (Å²) >= 11 is 1.01. The molecule has 1 aromatic rings. The highest BCUT2D eigenvalue weighted by molar-refractivity contribution is 7.91. The molecule has 0 aromatic carbocycles. The van der Waals surface area contributed by atoms with Crippen LogP contribution in [0.5, 0.6) is 0 Å². The molecule has 1 aromatic heterocycles. The van der Waals surface area contributed by atoms with Crippen LogP contribution >= 0.6 is 11.3 Å². The van der Waals surface area contributed by atoms with Crippen LogP contribution in [0.2, 0.25) is 0 Å². The van der Waals surface area contributed by atoms with Crippen molar-refractivity contribution in [3.05, 3.63) is 17.0 Å². The van der Waals surface area contributed by atoms with Gasteiger partial charge < -0.3 is 0 Å². The lowest BCUT2D eigenvalue weighted by Gasteiger charge is -2.31. The molecule has 1 N–H and O–H groups in total. The van der Waals surface area contributed by atoms with Gasteiger partial charge in [0.1, 0.15) is 15.2 Å². The summed E-state index contributed by atoms with van der Waals surface area (Å²) in [6.07, 6.45) is 3.38. The summed E-state index contributed by atoms with van der Waals surface area (Å²) in [5.41, 5.74) is 0. The van der Waals surface area contributed by atoms with Crippen molar-refractivity contribution in [1.29, 1.82) is 5.26 Å². The molecule has 1 aliphatic rings. The normalized spacial score (nSPS) is 18.4. The Bertz CT molecular complexity index is 538. The van der Waals surface area contributed by atoms with Crippen LogP contribution in [-0.2, 0) is 10.0 Å². The minimum Gasteiger partial charge on any atom is -0.207 e. The van der Waals surface area contributed by atoms with Crippen LogP contribution in [0.25, 0.3) is 0 Å². The average Bonchev–Trinajstić information content (AvgIpc) is 2.62. The number of rotatable bonds is 4. The van der Waals surface area contributed by atoms with Crippen molar-refractivity contribution >= 4 is 21.4 Å². The molecule has 0 bridgehead atoms. The van der Waals surface area contributed by atoms with Crippen molar-refractivity contribution in [2.45, 2.75) is 36.4 Å². The molecule has 92 valence electrons. The summed E-state index contributed by atoms with van der Waals surface area (Å²) in [4.78, 5) is 0.418. The van der Waals surface area contributed by atoms with Gasteiger partial charge in [-0.2, -0.15) is 5.26 Å². The van der Waals surface area contributed by atoms with Crippen LogP contribution < -0.4 is 4.72 Å². The summed E-state index contributed by atoms with van der Waals surface area (Å²) in [5, 5.41) is 8.68. The first-order chi connectivity index (χ1) is 8.03. The first-order valence-electron chi connectivity index (χ1n) is 5.55. The van der Waals surface area contributed by atoms with Crippen molar-refractivity contribution in [2.75, 3.05) is 0 Å². The third-order valence-electron chi connectivity index (χ3n) is 3.15. The van der Waals surface area contributed by atoms with E-state index in [-0.39, 0.29) is 10.3 Å². The molecular weight excluding hydrogens is 256 g/mol. The monoisotopic (exact) mass is 270 g/mol. The maximum atomic E-state index is 12.0. The quantitative estimate of drug-likeness (QED) is 0.910. The number of thiophene rings is 1. The Hall–Kier alpha value is -0.900. The SMILES string of the molecule is CC(NS(=O)(=O)c1ccc(C#N)s1)C1CCC1. The van der Waals surface area contributed by atoms with Gasteiger partial charge in [0.15, 0.2) is 0 Å². The van der Waals surface area contributed by atoms with Crippen LogP contribution in [0.3, 0.4) is 0 Å². The molecule has 4 nitrogen and oxygen atoms in total. The Balaban J connectivity index is 2.10. The number of sulfonamides is 1. The Labute approximate surface area is 105 Å². The highest BCUT2D eigenvalue weighted by Gasteiger charge is 2.28. The number of nitrogens with one attached hydrogen (secondary N) is 1. The van der Waals surface area contributed by atoms with E-state index in [0.717, 1.165) is 24.2 Å².